The summed E-state index contributed by atoms with van der Waals surface area (Å²) in [4.78, 5) is 35.7. The van der Waals surface area contributed by atoms with Crippen LogP contribution < -0.4 is 5.43 Å². The van der Waals surface area contributed by atoms with Crippen LogP contribution in [0.1, 0.15) is 22.8 Å². The molecule has 29 heavy (non-hydrogen) atoms. The van der Waals surface area contributed by atoms with Gasteiger partial charge < -0.3 is 0 Å². The minimum atomic E-state index is -0.664. The monoisotopic (exact) mass is 425 g/mol. The van der Waals surface area contributed by atoms with Crippen molar-refractivity contribution in [2.24, 2.45) is 0 Å². The summed E-state index contributed by atoms with van der Waals surface area (Å²) >= 11 is 6.27. The van der Waals surface area contributed by atoms with Gasteiger partial charge in [0.15, 0.2) is 4.32 Å². The standard InChI is InChI=1S/C20H15N3O4S2/c1-13(10-14-6-3-2-4-7-14)11-17-19(25)22(20(28)29-17)21-18(24)15-8-5-9-16(12-15)23(26)27/h2-12H,1H3,(H,21,24)/b13-10+,17-11-. The van der Waals surface area contributed by atoms with Gasteiger partial charge in [0.2, 0.25) is 0 Å². The topological polar surface area (TPSA) is 92.6 Å². The predicted molar refractivity (Wildman–Crippen MR) is 116 cm³/mol. The highest BCUT2D eigenvalue weighted by Gasteiger charge is 2.33. The van der Waals surface area contributed by atoms with Crippen molar-refractivity contribution in [2.75, 3.05) is 0 Å². The van der Waals surface area contributed by atoms with E-state index < -0.39 is 16.7 Å². The van der Waals surface area contributed by atoms with Gasteiger partial charge in [-0.2, -0.15) is 5.01 Å². The molecule has 2 aromatic carbocycles. The van der Waals surface area contributed by atoms with Gasteiger partial charge >= 0.3 is 0 Å². The third-order valence-electron chi connectivity index (χ3n) is 3.88. The average molecular weight is 425 g/mol. The van der Waals surface area contributed by atoms with Crippen molar-refractivity contribution in [3.8, 4) is 0 Å². The Morgan fingerprint density at radius 3 is 2.62 bits per heavy atom. The number of amides is 2. The maximum Gasteiger partial charge on any atom is 0.285 e. The molecule has 7 nitrogen and oxygen atoms in total. The maximum atomic E-state index is 12.6. The lowest BCUT2D eigenvalue weighted by Crippen LogP contribution is -2.44. The van der Waals surface area contributed by atoms with E-state index in [1.165, 1.54) is 18.2 Å². The molecule has 2 aromatic rings. The molecule has 0 unspecified atom stereocenters. The van der Waals surface area contributed by atoms with Crippen LogP contribution in [0.2, 0.25) is 0 Å². The predicted octanol–water partition coefficient (Wildman–Crippen LogP) is 4.09. The molecule has 146 valence electrons. The van der Waals surface area contributed by atoms with Gasteiger partial charge in [0.05, 0.1) is 9.83 Å². The summed E-state index contributed by atoms with van der Waals surface area (Å²) in [7, 11) is 0. The van der Waals surface area contributed by atoms with Crippen molar-refractivity contribution >= 4 is 51.9 Å². The normalized spacial score (nSPS) is 15.7. The Kier molecular flexibility index (Phi) is 6.20. The maximum absolute atomic E-state index is 12.6. The number of nitro benzene ring substituents is 1. The second kappa shape index (κ2) is 8.80. The molecule has 1 aliphatic rings. The van der Waals surface area contributed by atoms with Crippen molar-refractivity contribution < 1.29 is 14.5 Å². The summed E-state index contributed by atoms with van der Waals surface area (Å²) in [6, 6.07) is 14.9. The Bertz CT molecular complexity index is 1060. The quantitative estimate of drug-likeness (QED) is 0.336. The number of hydrogen-bond donors (Lipinski definition) is 1. The third-order valence-corrected chi connectivity index (χ3v) is 5.18. The number of nitrogens with one attached hydrogen (secondary N) is 1. The summed E-state index contributed by atoms with van der Waals surface area (Å²) in [5, 5.41) is 11.8. The minimum absolute atomic E-state index is 0.0531. The highest BCUT2D eigenvalue weighted by atomic mass is 32.2. The number of carbonyl (C=O) groups excluding carboxylic acids is 2. The molecular weight excluding hydrogens is 410 g/mol. The lowest BCUT2D eigenvalue weighted by Gasteiger charge is -2.15. The zero-order valence-corrected chi connectivity index (χ0v) is 16.8. The Balaban J connectivity index is 1.75. The van der Waals surface area contributed by atoms with Crippen molar-refractivity contribution in [3.63, 3.8) is 0 Å². The minimum Gasteiger partial charge on any atom is -0.267 e. The number of benzene rings is 2. The second-order valence-corrected chi connectivity index (χ2v) is 7.74. The first-order valence-electron chi connectivity index (χ1n) is 8.42. The number of non-ortho nitro benzene ring substituents is 1. The highest BCUT2D eigenvalue weighted by molar-refractivity contribution is 8.26. The molecule has 3 rings (SSSR count). The molecule has 2 amide bonds. The van der Waals surface area contributed by atoms with Crippen molar-refractivity contribution in [2.45, 2.75) is 6.92 Å². The van der Waals surface area contributed by atoms with E-state index in [0.29, 0.717) is 4.91 Å². The van der Waals surface area contributed by atoms with Crippen LogP contribution in [-0.2, 0) is 4.79 Å². The van der Waals surface area contributed by atoms with Crippen LogP contribution in [0.15, 0.2) is 71.2 Å². The molecule has 9 heteroatoms. The van der Waals surface area contributed by atoms with Gasteiger partial charge in [-0.25, -0.2) is 0 Å². The summed E-state index contributed by atoms with van der Waals surface area (Å²) in [6.07, 6.45) is 3.63. The zero-order valence-electron chi connectivity index (χ0n) is 15.2. The van der Waals surface area contributed by atoms with Crippen LogP contribution >= 0.6 is 24.0 Å². The van der Waals surface area contributed by atoms with Crippen LogP contribution in [0.5, 0.6) is 0 Å². The summed E-state index contributed by atoms with van der Waals surface area (Å²) in [5.41, 5.74) is 4.09. The SMILES string of the molecule is CC(/C=C1\SC(=S)N(NC(=O)c2cccc([N+](=O)[O-])c2)C1=O)=C\c1ccccc1. The molecule has 1 aliphatic heterocycles. The molecule has 0 atom stereocenters. The number of thiocarbonyl (C=S) groups is 1. The van der Waals surface area contributed by atoms with Crippen molar-refractivity contribution in [1.82, 2.24) is 10.4 Å². The number of hydrogen-bond acceptors (Lipinski definition) is 6. The first-order chi connectivity index (χ1) is 13.8. The summed E-state index contributed by atoms with van der Waals surface area (Å²) in [6.45, 7) is 1.86. The second-order valence-electron chi connectivity index (χ2n) is 6.06. The van der Waals surface area contributed by atoms with Gasteiger partial charge in [-0.15, -0.1) is 0 Å². The molecule has 1 heterocycles. The lowest BCUT2D eigenvalue weighted by atomic mass is 10.1. The number of nitrogens with zero attached hydrogens (tertiary/aromatic N) is 2. The van der Waals surface area contributed by atoms with Crippen LogP contribution in [0.4, 0.5) is 5.69 Å². The number of allylic oxidation sites excluding steroid dienone is 2. The van der Waals surface area contributed by atoms with Gasteiger partial charge in [-0.1, -0.05) is 54.2 Å². The van der Waals surface area contributed by atoms with E-state index in [4.69, 9.17) is 12.2 Å². The van der Waals surface area contributed by atoms with E-state index in [-0.39, 0.29) is 15.6 Å². The smallest absolute Gasteiger partial charge is 0.267 e. The van der Waals surface area contributed by atoms with E-state index in [1.807, 2.05) is 43.3 Å². The molecule has 0 saturated carbocycles. The Morgan fingerprint density at radius 2 is 1.93 bits per heavy atom. The summed E-state index contributed by atoms with van der Waals surface area (Å²) < 4.78 is 0.174. The lowest BCUT2D eigenvalue weighted by molar-refractivity contribution is -0.384. The Morgan fingerprint density at radius 1 is 1.21 bits per heavy atom. The number of hydrazine groups is 1. The molecule has 1 fully saturated rings. The third kappa shape index (κ3) is 4.95. The van der Waals surface area contributed by atoms with Crippen molar-refractivity contribution in [3.05, 3.63) is 92.4 Å². The largest absolute Gasteiger partial charge is 0.285 e. The fourth-order valence-electron chi connectivity index (χ4n) is 2.55. The molecule has 1 saturated heterocycles. The number of nitro groups is 1. The van der Waals surface area contributed by atoms with Crippen LogP contribution in [0.25, 0.3) is 6.08 Å². The zero-order chi connectivity index (χ0) is 21.0. The van der Waals surface area contributed by atoms with E-state index >= 15 is 0 Å². The molecular formula is C20H15N3O4S2. The van der Waals surface area contributed by atoms with E-state index in [0.717, 1.165) is 34.0 Å². The van der Waals surface area contributed by atoms with Crippen molar-refractivity contribution in [1.29, 1.82) is 0 Å². The van der Waals surface area contributed by atoms with Crippen LogP contribution in [0.3, 0.4) is 0 Å². The number of carbonyl (C=O) groups is 2. The van der Waals surface area contributed by atoms with Gasteiger partial charge in [-0.05, 0) is 42.4 Å². The van der Waals surface area contributed by atoms with E-state index in [9.17, 15) is 19.7 Å². The van der Waals surface area contributed by atoms with Crippen LogP contribution in [-0.4, -0.2) is 26.1 Å². The Hall–Kier alpha value is -3.30. The van der Waals surface area contributed by atoms with Gasteiger partial charge in [0.25, 0.3) is 17.5 Å². The van der Waals surface area contributed by atoms with Gasteiger partial charge in [-0.3, -0.25) is 25.1 Å². The fourth-order valence-corrected chi connectivity index (χ4v) is 3.78. The highest BCUT2D eigenvalue weighted by Crippen LogP contribution is 2.31. The molecule has 0 bridgehead atoms. The summed E-state index contributed by atoms with van der Waals surface area (Å²) in [5.74, 6) is -1.12. The molecule has 0 aliphatic carbocycles. The molecule has 0 aromatic heterocycles. The molecule has 0 spiro atoms. The molecule has 1 N–H and O–H groups in total. The van der Waals surface area contributed by atoms with Crippen LogP contribution in [0, 0.1) is 10.1 Å². The van der Waals surface area contributed by atoms with Gasteiger partial charge in [0, 0.05) is 17.7 Å². The number of rotatable bonds is 5. The number of thioether (sulfide) groups is 1. The van der Waals surface area contributed by atoms with Gasteiger partial charge in [0.1, 0.15) is 0 Å². The first-order valence-corrected chi connectivity index (χ1v) is 9.64. The Labute approximate surface area is 176 Å². The first kappa shape index (κ1) is 20.4. The van der Waals surface area contributed by atoms with E-state index in [2.05, 4.69) is 5.43 Å². The van der Waals surface area contributed by atoms with E-state index in [1.54, 1.807) is 6.08 Å². The molecule has 0 radical (unpaired) electrons. The average Bonchev–Trinajstić information content (AvgIpc) is 2.96. The fraction of sp³-hybridized carbons (Fsp3) is 0.0500.